The fraction of sp³-hybridized carbons (Fsp3) is 0.800. The van der Waals surface area contributed by atoms with Gasteiger partial charge in [0.2, 0.25) is 11.8 Å². The third-order valence-electron chi connectivity index (χ3n) is 1.75. The second-order valence-corrected chi connectivity index (χ2v) is 3.66. The number of hydrogen-bond acceptors (Lipinski definition) is 4. The third-order valence-corrected chi connectivity index (χ3v) is 1.75. The molecule has 16 heavy (non-hydrogen) atoms. The molecule has 0 rings (SSSR count). The second-order valence-electron chi connectivity index (χ2n) is 3.66. The fourth-order valence-electron chi connectivity index (χ4n) is 0.893. The minimum Gasteiger partial charge on any atom is -0.383 e. The van der Waals surface area contributed by atoms with E-state index in [0.29, 0.717) is 13.2 Å². The predicted octanol–water partition coefficient (Wildman–Crippen LogP) is -1.14. The van der Waals surface area contributed by atoms with Crippen molar-refractivity contribution in [1.82, 2.24) is 16.0 Å². The standard InChI is InChI=1S/C10H21N3O3/c1-8(2)12-6-10(15)13-7-9(14)11-4-5-16-3/h8,12H,4-7H2,1-3H3,(H,11,14)(H,13,15). The first kappa shape index (κ1) is 14.9. The predicted molar refractivity (Wildman–Crippen MR) is 61.0 cm³/mol. The quantitative estimate of drug-likeness (QED) is 0.462. The molecule has 0 saturated carbocycles. The average molecular weight is 231 g/mol. The molecular formula is C10H21N3O3. The van der Waals surface area contributed by atoms with Gasteiger partial charge in [-0.2, -0.15) is 0 Å². The molecule has 6 heteroatoms. The normalized spacial score (nSPS) is 10.2. The summed E-state index contributed by atoms with van der Waals surface area (Å²) in [5.41, 5.74) is 0. The summed E-state index contributed by atoms with van der Waals surface area (Å²) < 4.78 is 4.77. The summed E-state index contributed by atoms with van der Waals surface area (Å²) >= 11 is 0. The van der Waals surface area contributed by atoms with Crippen LogP contribution in [0.15, 0.2) is 0 Å². The number of carbonyl (C=O) groups excluding carboxylic acids is 2. The average Bonchev–Trinajstić information content (AvgIpc) is 2.24. The Bertz CT molecular complexity index is 219. The van der Waals surface area contributed by atoms with Crippen molar-refractivity contribution in [3.8, 4) is 0 Å². The van der Waals surface area contributed by atoms with E-state index in [9.17, 15) is 9.59 Å². The molecule has 0 fully saturated rings. The SMILES string of the molecule is COCCNC(=O)CNC(=O)CNC(C)C. The van der Waals surface area contributed by atoms with E-state index in [-0.39, 0.29) is 30.9 Å². The summed E-state index contributed by atoms with van der Waals surface area (Å²) in [6.07, 6.45) is 0. The van der Waals surface area contributed by atoms with Crippen LogP contribution < -0.4 is 16.0 Å². The number of methoxy groups -OCH3 is 1. The zero-order valence-electron chi connectivity index (χ0n) is 10.1. The van der Waals surface area contributed by atoms with E-state index in [1.807, 2.05) is 13.8 Å². The van der Waals surface area contributed by atoms with Gasteiger partial charge in [0.15, 0.2) is 0 Å². The molecule has 0 aromatic heterocycles. The van der Waals surface area contributed by atoms with Gasteiger partial charge in [0.25, 0.3) is 0 Å². The second kappa shape index (κ2) is 9.11. The van der Waals surface area contributed by atoms with Crippen molar-refractivity contribution in [2.75, 3.05) is 33.4 Å². The molecule has 0 aliphatic carbocycles. The van der Waals surface area contributed by atoms with Gasteiger partial charge in [0.1, 0.15) is 0 Å². The van der Waals surface area contributed by atoms with Gasteiger partial charge in [-0.15, -0.1) is 0 Å². The minimum atomic E-state index is -0.213. The van der Waals surface area contributed by atoms with Crippen LogP contribution in [0.4, 0.5) is 0 Å². The van der Waals surface area contributed by atoms with Gasteiger partial charge in [-0.25, -0.2) is 0 Å². The Morgan fingerprint density at radius 3 is 2.31 bits per heavy atom. The lowest BCUT2D eigenvalue weighted by atomic mass is 10.4. The molecule has 0 aliphatic heterocycles. The molecular weight excluding hydrogens is 210 g/mol. The Labute approximate surface area is 96.1 Å². The molecule has 2 amide bonds. The summed E-state index contributed by atoms with van der Waals surface area (Å²) in [5.74, 6) is -0.398. The first-order chi connectivity index (χ1) is 7.56. The number of ether oxygens (including phenoxy) is 1. The number of amides is 2. The molecule has 0 saturated heterocycles. The van der Waals surface area contributed by atoms with Crippen molar-refractivity contribution in [3.05, 3.63) is 0 Å². The van der Waals surface area contributed by atoms with Crippen LogP contribution in [0.2, 0.25) is 0 Å². The van der Waals surface area contributed by atoms with Crippen LogP contribution in [-0.4, -0.2) is 51.2 Å². The van der Waals surface area contributed by atoms with Crippen LogP contribution in [-0.2, 0) is 14.3 Å². The van der Waals surface area contributed by atoms with Crippen molar-refractivity contribution in [2.24, 2.45) is 0 Å². The maximum absolute atomic E-state index is 11.2. The number of nitrogens with one attached hydrogen (secondary N) is 3. The van der Waals surface area contributed by atoms with E-state index in [0.717, 1.165) is 0 Å². The van der Waals surface area contributed by atoms with Crippen molar-refractivity contribution in [2.45, 2.75) is 19.9 Å². The molecule has 0 bridgehead atoms. The highest BCUT2D eigenvalue weighted by atomic mass is 16.5. The fourth-order valence-corrected chi connectivity index (χ4v) is 0.893. The number of hydrogen-bond donors (Lipinski definition) is 3. The molecule has 0 unspecified atom stereocenters. The summed E-state index contributed by atoms with van der Waals surface area (Å²) in [7, 11) is 1.56. The highest BCUT2D eigenvalue weighted by Crippen LogP contribution is 1.75. The molecule has 0 atom stereocenters. The van der Waals surface area contributed by atoms with E-state index in [1.54, 1.807) is 7.11 Å². The van der Waals surface area contributed by atoms with Gasteiger partial charge < -0.3 is 20.7 Å². The smallest absolute Gasteiger partial charge is 0.239 e. The van der Waals surface area contributed by atoms with E-state index in [1.165, 1.54) is 0 Å². The molecule has 0 aliphatic rings. The van der Waals surface area contributed by atoms with Crippen LogP contribution >= 0.6 is 0 Å². The molecule has 6 nitrogen and oxygen atoms in total. The molecule has 0 spiro atoms. The topological polar surface area (TPSA) is 79.5 Å². The van der Waals surface area contributed by atoms with Crippen molar-refractivity contribution >= 4 is 11.8 Å². The van der Waals surface area contributed by atoms with E-state index in [4.69, 9.17) is 4.74 Å². The Kier molecular flexibility index (Phi) is 8.46. The van der Waals surface area contributed by atoms with Crippen LogP contribution in [0.5, 0.6) is 0 Å². The maximum Gasteiger partial charge on any atom is 0.239 e. The highest BCUT2D eigenvalue weighted by Gasteiger charge is 2.04. The zero-order valence-corrected chi connectivity index (χ0v) is 10.1. The Morgan fingerprint density at radius 1 is 1.12 bits per heavy atom. The lowest BCUT2D eigenvalue weighted by molar-refractivity contribution is -0.125. The largest absolute Gasteiger partial charge is 0.383 e. The van der Waals surface area contributed by atoms with Crippen molar-refractivity contribution < 1.29 is 14.3 Å². The highest BCUT2D eigenvalue weighted by molar-refractivity contribution is 5.85. The summed E-state index contributed by atoms with van der Waals surface area (Å²) in [6, 6.07) is 0.251. The van der Waals surface area contributed by atoms with Crippen LogP contribution in [0, 0.1) is 0 Å². The Balaban J connectivity index is 3.47. The first-order valence-electron chi connectivity index (χ1n) is 5.32. The van der Waals surface area contributed by atoms with E-state index < -0.39 is 0 Å². The van der Waals surface area contributed by atoms with Crippen LogP contribution in [0.25, 0.3) is 0 Å². The minimum absolute atomic E-state index is 0.00230. The van der Waals surface area contributed by atoms with Gasteiger partial charge in [-0.05, 0) is 0 Å². The van der Waals surface area contributed by atoms with Gasteiger partial charge in [0, 0.05) is 19.7 Å². The summed E-state index contributed by atoms with van der Waals surface area (Å²) in [6.45, 7) is 5.05. The number of carbonyl (C=O) groups is 2. The maximum atomic E-state index is 11.2. The van der Waals surface area contributed by atoms with Crippen LogP contribution in [0.3, 0.4) is 0 Å². The third kappa shape index (κ3) is 9.42. The van der Waals surface area contributed by atoms with Gasteiger partial charge in [0.05, 0.1) is 19.7 Å². The molecule has 0 heterocycles. The molecule has 94 valence electrons. The molecule has 0 aromatic rings. The van der Waals surface area contributed by atoms with Gasteiger partial charge >= 0.3 is 0 Å². The van der Waals surface area contributed by atoms with Crippen molar-refractivity contribution in [3.63, 3.8) is 0 Å². The molecule has 3 N–H and O–H groups in total. The molecule has 0 radical (unpaired) electrons. The van der Waals surface area contributed by atoms with E-state index >= 15 is 0 Å². The van der Waals surface area contributed by atoms with Gasteiger partial charge in [-0.3, -0.25) is 9.59 Å². The first-order valence-corrected chi connectivity index (χ1v) is 5.32. The Morgan fingerprint density at radius 2 is 1.75 bits per heavy atom. The summed E-state index contributed by atoms with van der Waals surface area (Å²) in [5, 5.41) is 8.07. The van der Waals surface area contributed by atoms with E-state index in [2.05, 4.69) is 16.0 Å². The summed E-state index contributed by atoms with van der Waals surface area (Å²) in [4.78, 5) is 22.4. The van der Waals surface area contributed by atoms with Crippen molar-refractivity contribution in [1.29, 1.82) is 0 Å². The molecule has 0 aromatic carbocycles. The lowest BCUT2D eigenvalue weighted by Crippen LogP contribution is -2.42. The number of rotatable bonds is 8. The van der Waals surface area contributed by atoms with Crippen LogP contribution in [0.1, 0.15) is 13.8 Å². The van der Waals surface area contributed by atoms with Gasteiger partial charge in [-0.1, -0.05) is 13.8 Å². The zero-order chi connectivity index (χ0) is 12.4. The monoisotopic (exact) mass is 231 g/mol. The Hall–Kier alpha value is -1.14. The lowest BCUT2D eigenvalue weighted by Gasteiger charge is -2.09.